The third kappa shape index (κ3) is 4.47. The van der Waals surface area contributed by atoms with Crippen LogP contribution in [0, 0.1) is 0 Å². The Bertz CT molecular complexity index is 1490. The number of carbonyl (C=O) groups excluding carboxylic acids is 2. The molecule has 1 saturated heterocycles. The lowest BCUT2D eigenvalue weighted by Gasteiger charge is -2.24. The molecule has 1 aromatic heterocycles. The molecule has 0 spiro atoms. The van der Waals surface area contributed by atoms with E-state index in [0.29, 0.717) is 28.6 Å². The minimum absolute atomic E-state index is 0.0856. The fraction of sp³-hybridized carbons (Fsp3) is 0.192. The number of hydrogen-bond donors (Lipinski definition) is 1. The molecule has 1 aliphatic heterocycles. The second kappa shape index (κ2) is 9.28. The Hall–Kier alpha value is -3.49. The number of anilines is 1. The monoisotopic (exact) mass is 506 g/mol. The fourth-order valence-corrected chi connectivity index (χ4v) is 5.59. The Labute approximate surface area is 211 Å². The van der Waals surface area contributed by atoms with E-state index in [1.54, 1.807) is 59.3 Å². The normalized spacial score (nSPS) is 15.7. The summed E-state index contributed by atoms with van der Waals surface area (Å²) in [5.74, 6) is 0.262. The standard InChI is InChI=1S/C26H23ClN4O3S/c1-29-21-12-11-20(13-22(21)30(2)26(29)34)28-24(33)17-5-7-18(8-6-17)25-31(23(32)15-35-25)14-16-3-9-19(27)10-4-16/h3-13,25H,14-15H2,1-2H3,(H,28,33)/t25-/m0/s1. The van der Waals surface area contributed by atoms with Crippen molar-refractivity contribution in [3.05, 3.63) is 98.9 Å². The largest absolute Gasteiger partial charge is 0.328 e. The van der Waals surface area contributed by atoms with E-state index in [2.05, 4.69) is 5.32 Å². The van der Waals surface area contributed by atoms with E-state index in [0.717, 1.165) is 22.2 Å². The van der Waals surface area contributed by atoms with Gasteiger partial charge in [0.15, 0.2) is 0 Å². The average molecular weight is 507 g/mol. The summed E-state index contributed by atoms with van der Waals surface area (Å²) >= 11 is 7.56. The molecule has 0 unspecified atom stereocenters. The van der Waals surface area contributed by atoms with Gasteiger partial charge in [-0.25, -0.2) is 4.79 Å². The van der Waals surface area contributed by atoms with Crippen LogP contribution < -0.4 is 11.0 Å². The molecule has 4 aromatic rings. The van der Waals surface area contributed by atoms with E-state index in [4.69, 9.17) is 11.6 Å². The number of halogens is 1. The van der Waals surface area contributed by atoms with Gasteiger partial charge in [0, 0.05) is 36.9 Å². The van der Waals surface area contributed by atoms with Crippen LogP contribution in [0.25, 0.3) is 11.0 Å². The van der Waals surface area contributed by atoms with E-state index in [1.165, 1.54) is 0 Å². The van der Waals surface area contributed by atoms with Crippen LogP contribution in [-0.2, 0) is 25.4 Å². The summed E-state index contributed by atoms with van der Waals surface area (Å²) in [4.78, 5) is 39.4. The van der Waals surface area contributed by atoms with Crippen molar-refractivity contribution in [1.82, 2.24) is 14.0 Å². The predicted octanol–water partition coefficient (Wildman–Crippen LogP) is 4.56. The highest BCUT2D eigenvalue weighted by Gasteiger charge is 2.32. The second-order valence-electron chi connectivity index (χ2n) is 8.49. The molecule has 1 atom stereocenters. The minimum Gasteiger partial charge on any atom is -0.322 e. The smallest absolute Gasteiger partial charge is 0.322 e. The van der Waals surface area contributed by atoms with Crippen LogP contribution in [0.2, 0.25) is 5.02 Å². The summed E-state index contributed by atoms with van der Waals surface area (Å²) in [6.07, 6.45) is 0. The zero-order valence-electron chi connectivity index (χ0n) is 19.2. The van der Waals surface area contributed by atoms with Crippen molar-refractivity contribution < 1.29 is 9.59 Å². The number of benzene rings is 3. The lowest BCUT2D eigenvalue weighted by Crippen LogP contribution is -2.27. The summed E-state index contributed by atoms with van der Waals surface area (Å²) in [6.45, 7) is 0.500. The first-order valence-corrected chi connectivity index (χ1v) is 12.5. The maximum atomic E-state index is 12.9. The quantitative estimate of drug-likeness (QED) is 0.430. The molecule has 1 aliphatic rings. The van der Waals surface area contributed by atoms with Crippen molar-refractivity contribution in [2.24, 2.45) is 14.1 Å². The molecule has 0 saturated carbocycles. The number of carbonyl (C=O) groups is 2. The van der Waals surface area contributed by atoms with Gasteiger partial charge in [-0.15, -0.1) is 11.8 Å². The zero-order chi connectivity index (χ0) is 24.7. The van der Waals surface area contributed by atoms with Crippen molar-refractivity contribution in [3.8, 4) is 0 Å². The van der Waals surface area contributed by atoms with Crippen molar-refractivity contribution in [2.75, 3.05) is 11.1 Å². The third-order valence-electron chi connectivity index (χ3n) is 6.22. The van der Waals surface area contributed by atoms with Crippen LogP contribution in [0.3, 0.4) is 0 Å². The first kappa shape index (κ1) is 23.3. The summed E-state index contributed by atoms with van der Waals surface area (Å²) < 4.78 is 3.12. The number of fused-ring (bicyclic) bond motifs is 1. The summed E-state index contributed by atoms with van der Waals surface area (Å²) in [7, 11) is 3.42. The number of imidazole rings is 1. The number of rotatable bonds is 5. The van der Waals surface area contributed by atoms with Gasteiger partial charge in [-0.05, 0) is 53.6 Å². The molecule has 1 fully saturated rings. The van der Waals surface area contributed by atoms with Crippen LogP contribution in [-0.4, -0.2) is 31.6 Å². The van der Waals surface area contributed by atoms with Gasteiger partial charge in [-0.2, -0.15) is 0 Å². The van der Waals surface area contributed by atoms with Crippen LogP contribution >= 0.6 is 23.4 Å². The molecule has 9 heteroatoms. The van der Waals surface area contributed by atoms with Crippen LogP contribution in [0.1, 0.15) is 26.9 Å². The van der Waals surface area contributed by atoms with E-state index in [1.807, 2.05) is 47.4 Å². The van der Waals surface area contributed by atoms with Gasteiger partial charge in [-0.1, -0.05) is 35.9 Å². The summed E-state index contributed by atoms with van der Waals surface area (Å²) in [5.41, 5.74) is 4.52. The van der Waals surface area contributed by atoms with Crippen LogP contribution in [0.5, 0.6) is 0 Å². The van der Waals surface area contributed by atoms with Crippen molar-refractivity contribution >= 4 is 51.9 Å². The third-order valence-corrected chi connectivity index (χ3v) is 7.73. The fourth-order valence-electron chi connectivity index (χ4n) is 4.27. The van der Waals surface area contributed by atoms with Crippen LogP contribution in [0.4, 0.5) is 5.69 Å². The SMILES string of the molecule is Cn1c(=O)n(C)c2cc(NC(=O)c3ccc([C@@H]4SCC(=O)N4Cc4ccc(Cl)cc4)cc3)ccc21. The highest BCUT2D eigenvalue weighted by Crippen LogP contribution is 2.39. The van der Waals surface area contributed by atoms with Crippen molar-refractivity contribution in [2.45, 2.75) is 11.9 Å². The highest BCUT2D eigenvalue weighted by atomic mass is 35.5. The molecule has 1 N–H and O–H groups in total. The Balaban J connectivity index is 1.31. The van der Waals surface area contributed by atoms with Gasteiger partial charge in [0.1, 0.15) is 5.37 Å². The summed E-state index contributed by atoms with van der Waals surface area (Å²) in [5, 5.41) is 3.45. The lowest BCUT2D eigenvalue weighted by molar-refractivity contribution is -0.128. The Morgan fingerprint density at radius 1 is 0.971 bits per heavy atom. The summed E-state index contributed by atoms with van der Waals surface area (Å²) in [6, 6.07) is 20.2. The Morgan fingerprint density at radius 2 is 1.66 bits per heavy atom. The lowest BCUT2D eigenvalue weighted by atomic mass is 10.1. The number of hydrogen-bond acceptors (Lipinski definition) is 4. The molecule has 5 rings (SSSR count). The molecule has 0 aliphatic carbocycles. The Morgan fingerprint density at radius 3 is 2.37 bits per heavy atom. The van der Waals surface area contributed by atoms with Gasteiger partial charge in [0.05, 0.1) is 16.8 Å². The molecule has 0 bridgehead atoms. The first-order valence-electron chi connectivity index (χ1n) is 11.0. The van der Waals surface area contributed by atoms with Crippen molar-refractivity contribution in [1.29, 1.82) is 0 Å². The molecule has 2 heterocycles. The molecule has 3 aromatic carbocycles. The molecular formula is C26H23ClN4O3S. The van der Waals surface area contributed by atoms with Gasteiger partial charge in [-0.3, -0.25) is 18.7 Å². The molecule has 2 amide bonds. The number of thioether (sulfide) groups is 1. The molecule has 178 valence electrons. The van der Waals surface area contributed by atoms with Gasteiger partial charge >= 0.3 is 5.69 Å². The molecular weight excluding hydrogens is 484 g/mol. The number of nitrogens with one attached hydrogen (secondary N) is 1. The molecule has 0 radical (unpaired) electrons. The van der Waals surface area contributed by atoms with Gasteiger partial charge in [0.25, 0.3) is 5.91 Å². The maximum absolute atomic E-state index is 12.9. The molecule has 7 nitrogen and oxygen atoms in total. The number of aromatic nitrogens is 2. The van der Waals surface area contributed by atoms with E-state index < -0.39 is 0 Å². The number of amides is 2. The zero-order valence-corrected chi connectivity index (χ0v) is 20.8. The van der Waals surface area contributed by atoms with Crippen LogP contribution in [0.15, 0.2) is 71.5 Å². The minimum atomic E-state index is -0.245. The molecule has 35 heavy (non-hydrogen) atoms. The number of aryl methyl sites for hydroxylation is 2. The van der Waals surface area contributed by atoms with E-state index in [9.17, 15) is 14.4 Å². The first-order chi connectivity index (χ1) is 16.8. The van der Waals surface area contributed by atoms with Gasteiger partial charge < -0.3 is 10.2 Å². The van der Waals surface area contributed by atoms with E-state index in [-0.39, 0.29) is 22.9 Å². The average Bonchev–Trinajstić information content (AvgIpc) is 3.33. The predicted molar refractivity (Wildman–Crippen MR) is 140 cm³/mol. The maximum Gasteiger partial charge on any atom is 0.328 e. The van der Waals surface area contributed by atoms with Crippen molar-refractivity contribution in [3.63, 3.8) is 0 Å². The van der Waals surface area contributed by atoms with E-state index >= 15 is 0 Å². The number of nitrogens with zero attached hydrogens (tertiary/aromatic N) is 3. The topological polar surface area (TPSA) is 76.3 Å². The van der Waals surface area contributed by atoms with Gasteiger partial charge in [0.2, 0.25) is 5.91 Å². The second-order valence-corrected chi connectivity index (χ2v) is 10.00. The highest BCUT2D eigenvalue weighted by molar-refractivity contribution is 8.00. The Kier molecular flexibility index (Phi) is 6.17.